The lowest BCUT2D eigenvalue weighted by Crippen LogP contribution is -2.29. The Bertz CT molecular complexity index is 927. The standard InChI is InChI=1S/C22H19NO3/c24-21(23-15-22(25)26-16-17-7-2-1-3-8-17)14-13-19-11-6-10-18-9-4-5-12-20(18)19/h1-14H,15-16H2,(H,23,24)/b14-13+. The average Bonchev–Trinajstić information content (AvgIpc) is 2.70. The second kappa shape index (κ2) is 8.62. The molecule has 1 N–H and O–H groups in total. The fourth-order valence-corrected chi connectivity index (χ4v) is 2.57. The summed E-state index contributed by atoms with van der Waals surface area (Å²) < 4.78 is 5.12. The van der Waals surface area contributed by atoms with Crippen LogP contribution in [0.1, 0.15) is 11.1 Å². The summed E-state index contributed by atoms with van der Waals surface area (Å²) in [7, 11) is 0. The zero-order chi connectivity index (χ0) is 18.2. The van der Waals surface area contributed by atoms with Gasteiger partial charge in [0.15, 0.2) is 0 Å². The SMILES string of the molecule is O=C(/C=C/c1cccc2ccccc12)NCC(=O)OCc1ccccc1. The van der Waals surface area contributed by atoms with Gasteiger partial charge in [-0.05, 0) is 28.0 Å². The van der Waals surface area contributed by atoms with Gasteiger partial charge in [0.2, 0.25) is 5.91 Å². The van der Waals surface area contributed by atoms with Gasteiger partial charge in [0.1, 0.15) is 13.2 Å². The summed E-state index contributed by atoms with van der Waals surface area (Å²) in [6.07, 6.45) is 3.17. The molecule has 3 aromatic carbocycles. The van der Waals surface area contributed by atoms with Gasteiger partial charge in [-0.15, -0.1) is 0 Å². The smallest absolute Gasteiger partial charge is 0.325 e. The van der Waals surface area contributed by atoms with Gasteiger partial charge in [-0.2, -0.15) is 0 Å². The lowest BCUT2D eigenvalue weighted by atomic mass is 10.0. The predicted molar refractivity (Wildman–Crippen MR) is 102 cm³/mol. The summed E-state index contributed by atoms with van der Waals surface area (Å²) in [4.78, 5) is 23.6. The number of hydrogen-bond donors (Lipinski definition) is 1. The lowest BCUT2D eigenvalue weighted by Gasteiger charge is -2.05. The fraction of sp³-hybridized carbons (Fsp3) is 0.0909. The van der Waals surface area contributed by atoms with Gasteiger partial charge < -0.3 is 10.1 Å². The molecule has 4 heteroatoms. The normalized spacial score (nSPS) is 10.8. The quantitative estimate of drug-likeness (QED) is 0.547. The number of esters is 1. The molecule has 1 amide bonds. The van der Waals surface area contributed by atoms with E-state index in [1.807, 2.05) is 72.8 Å². The van der Waals surface area contributed by atoms with E-state index in [2.05, 4.69) is 5.32 Å². The highest BCUT2D eigenvalue weighted by molar-refractivity contribution is 5.97. The van der Waals surface area contributed by atoms with Crippen LogP contribution in [0, 0.1) is 0 Å². The third kappa shape index (κ3) is 4.80. The van der Waals surface area contributed by atoms with Crippen molar-refractivity contribution in [3.8, 4) is 0 Å². The molecule has 0 spiro atoms. The first-order chi connectivity index (χ1) is 12.7. The number of fused-ring (bicyclic) bond motifs is 1. The maximum absolute atomic E-state index is 11.9. The minimum absolute atomic E-state index is 0.161. The lowest BCUT2D eigenvalue weighted by molar-refractivity contribution is -0.144. The molecule has 0 aliphatic heterocycles. The zero-order valence-electron chi connectivity index (χ0n) is 14.2. The molecule has 0 fully saturated rings. The van der Waals surface area contributed by atoms with Gasteiger partial charge in [-0.3, -0.25) is 9.59 Å². The number of carbonyl (C=O) groups is 2. The molecule has 0 aromatic heterocycles. The Morgan fingerprint density at radius 1 is 0.885 bits per heavy atom. The van der Waals surface area contributed by atoms with E-state index in [9.17, 15) is 9.59 Å². The average molecular weight is 345 g/mol. The van der Waals surface area contributed by atoms with Crippen molar-refractivity contribution in [2.75, 3.05) is 6.54 Å². The molecule has 0 aliphatic rings. The van der Waals surface area contributed by atoms with Crippen molar-refractivity contribution in [3.63, 3.8) is 0 Å². The van der Waals surface area contributed by atoms with E-state index < -0.39 is 5.97 Å². The summed E-state index contributed by atoms with van der Waals surface area (Å²) >= 11 is 0. The van der Waals surface area contributed by atoms with Crippen LogP contribution in [-0.2, 0) is 20.9 Å². The van der Waals surface area contributed by atoms with Crippen molar-refractivity contribution in [1.29, 1.82) is 0 Å². The van der Waals surface area contributed by atoms with Crippen LogP contribution in [0.3, 0.4) is 0 Å². The summed E-state index contributed by atoms with van der Waals surface area (Å²) in [6.45, 7) is 0.0347. The maximum Gasteiger partial charge on any atom is 0.325 e. The molecule has 4 nitrogen and oxygen atoms in total. The van der Waals surface area contributed by atoms with Gasteiger partial charge in [0.05, 0.1) is 0 Å². The Hall–Kier alpha value is -3.40. The minimum atomic E-state index is -0.472. The summed E-state index contributed by atoms with van der Waals surface area (Å²) in [5, 5.41) is 4.72. The molecular weight excluding hydrogens is 326 g/mol. The number of rotatable bonds is 6. The minimum Gasteiger partial charge on any atom is -0.460 e. The van der Waals surface area contributed by atoms with Crippen LogP contribution < -0.4 is 5.32 Å². The number of benzene rings is 3. The molecule has 130 valence electrons. The second-order valence-electron chi connectivity index (χ2n) is 5.77. The van der Waals surface area contributed by atoms with Gasteiger partial charge in [0, 0.05) is 6.08 Å². The number of hydrogen-bond acceptors (Lipinski definition) is 3. The maximum atomic E-state index is 11.9. The number of carbonyl (C=O) groups excluding carboxylic acids is 2. The van der Waals surface area contributed by atoms with E-state index in [0.29, 0.717) is 0 Å². The van der Waals surface area contributed by atoms with Crippen LogP contribution in [0.4, 0.5) is 0 Å². The molecule has 0 radical (unpaired) electrons. The molecule has 3 aromatic rings. The van der Waals surface area contributed by atoms with Crippen LogP contribution >= 0.6 is 0 Å². The number of ether oxygens (including phenoxy) is 1. The zero-order valence-corrected chi connectivity index (χ0v) is 14.2. The summed E-state index contributed by atoms with van der Waals surface area (Å²) in [5.41, 5.74) is 1.85. The second-order valence-corrected chi connectivity index (χ2v) is 5.77. The van der Waals surface area contributed by atoms with Crippen LogP contribution in [-0.4, -0.2) is 18.4 Å². The summed E-state index contributed by atoms with van der Waals surface area (Å²) in [6, 6.07) is 23.3. The van der Waals surface area contributed by atoms with Gasteiger partial charge in [-0.1, -0.05) is 72.8 Å². The molecule has 0 aliphatic carbocycles. The molecule has 0 bridgehead atoms. The van der Waals surface area contributed by atoms with Gasteiger partial charge >= 0.3 is 5.97 Å². The van der Waals surface area contributed by atoms with E-state index in [1.165, 1.54) is 6.08 Å². The van der Waals surface area contributed by atoms with Crippen molar-refractivity contribution in [3.05, 3.63) is 90.0 Å². The van der Waals surface area contributed by atoms with Crippen molar-refractivity contribution < 1.29 is 14.3 Å². The van der Waals surface area contributed by atoms with E-state index in [1.54, 1.807) is 6.08 Å². The number of amides is 1. The van der Waals surface area contributed by atoms with Gasteiger partial charge in [-0.25, -0.2) is 0 Å². The largest absolute Gasteiger partial charge is 0.460 e. The molecule has 0 saturated heterocycles. The summed E-state index contributed by atoms with van der Waals surface area (Å²) in [5.74, 6) is -0.810. The van der Waals surface area contributed by atoms with Crippen molar-refractivity contribution in [1.82, 2.24) is 5.32 Å². The van der Waals surface area contributed by atoms with Crippen LogP contribution in [0.15, 0.2) is 78.9 Å². The Labute approximate surface area is 152 Å². The molecule has 0 unspecified atom stereocenters. The van der Waals surface area contributed by atoms with Crippen molar-refractivity contribution in [2.45, 2.75) is 6.61 Å². The van der Waals surface area contributed by atoms with E-state index >= 15 is 0 Å². The molecular formula is C22H19NO3. The highest BCUT2D eigenvalue weighted by Gasteiger charge is 2.05. The van der Waals surface area contributed by atoms with E-state index in [0.717, 1.165) is 21.9 Å². The highest BCUT2D eigenvalue weighted by Crippen LogP contribution is 2.19. The first-order valence-electron chi connectivity index (χ1n) is 8.35. The Morgan fingerprint density at radius 2 is 1.62 bits per heavy atom. The predicted octanol–water partition coefficient (Wildman–Crippen LogP) is 3.71. The monoisotopic (exact) mass is 345 g/mol. The number of nitrogens with one attached hydrogen (secondary N) is 1. The molecule has 0 heterocycles. The first kappa shape index (κ1) is 17.4. The Balaban J connectivity index is 1.50. The third-order valence-corrected chi connectivity index (χ3v) is 3.89. The van der Waals surface area contributed by atoms with Crippen LogP contribution in [0.5, 0.6) is 0 Å². The highest BCUT2D eigenvalue weighted by atomic mass is 16.5. The van der Waals surface area contributed by atoms with Gasteiger partial charge in [0.25, 0.3) is 0 Å². The van der Waals surface area contributed by atoms with E-state index in [4.69, 9.17) is 4.74 Å². The molecule has 26 heavy (non-hydrogen) atoms. The third-order valence-electron chi connectivity index (χ3n) is 3.89. The fourth-order valence-electron chi connectivity index (χ4n) is 2.57. The molecule has 3 rings (SSSR count). The van der Waals surface area contributed by atoms with Crippen molar-refractivity contribution >= 4 is 28.7 Å². The first-order valence-corrected chi connectivity index (χ1v) is 8.35. The molecule has 0 atom stereocenters. The Kier molecular flexibility index (Phi) is 5.78. The van der Waals surface area contributed by atoms with E-state index in [-0.39, 0.29) is 19.1 Å². The van der Waals surface area contributed by atoms with Crippen LogP contribution in [0.25, 0.3) is 16.8 Å². The Morgan fingerprint density at radius 3 is 2.46 bits per heavy atom. The van der Waals surface area contributed by atoms with Crippen molar-refractivity contribution in [2.24, 2.45) is 0 Å². The topological polar surface area (TPSA) is 55.4 Å². The van der Waals surface area contributed by atoms with Crippen LogP contribution in [0.2, 0.25) is 0 Å². The molecule has 0 saturated carbocycles.